The van der Waals surface area contributed by atoms with Crippen LogP contribution in [0.2, 0.25) is 0 Å². The summed E-state index contributed by atoms with van der Waals surface area (Å²) in [5.41, 5.74) is 0.214. The van der Waals surface area contributed by atoms with Crippen molar-refractivity contribution < 1.29 is 38.2 Å². The smallest absolute Gasteiger partial charge is 0.410 e. The number of esters is 1. The van der Waals surface area contributed by atoms with Gasteiger partial charge in [-0.05, 0) is 63.4 Å². The van der Waals surface area contributed by atoms with Crippen molar-refractivity contribution in [2.45, 2.75) is 92.1 Å². The molecule has 47 heavy (non-hydrogen) atoms. The highest BCUT2D eigenvalue weighted by Gasteiger charge is 2.57. The van der Waals surface area contributed by atoms with E-state index >= 15 is 0 Å². The second-order valence-electron chi connectivity index (χ2n) is 14.6. The van der Waals surface area contributed by atoms with E-state index < -0.39 is 41.6 Å². The van der Waals surface area contributed by atoms with E-state index in [2.05, 4.69) is 0 Å². The number of ether oxygens (including phenoxy) is 3. The van der Waals surface area contributed by atoms with Crippen molar-refractivity contribution in [1.29, 1.82) is 0 Å². The molecule has 3 fully saturated rings. The van der Waals surface area contributed by atoms with Crippen LogP contribution in [0.5, 0.6) is 0 Å². The number of piperidine rings is 1. The van der Waals surface area contributed by atoms with E-state index in [1.165, 1.54) is 4.90 Å². The number of benzene rings is 1. The van der Waals surface area contributed by atoms with Crippen molar-refractivity contribution in [2.24, 2.45) is 23.7 Å². The number of β-lactam (4-membered cyclic amide) rings is 1. The Labute approximate surface area is 278 Å². The van der Waals surface area contributed by atoms with E-state index in [-0.39, 0.29) is 62.7 Å². The third-order valence-corrected chi connectivity index (χ3v) is 9.10. The molecule has 260 valence electrons. The summed E-state index contributed by atoms with van der Waals surface area (Å²) in [6.45, 7) is 15.5. The summed E-state index contributed by atoms with van der Waals surface area (Å²) < 4.78 is 16.9. The fraction of sp³-hybridized carbons (Fsp3) is 0.686. The Balaban J connectivity index is 1.38. The first kappa shape index (κ1) is 36.0. The maximum absolute atomic E-state index is 13.7. The van der Waals surface area contributed by atoms with E-state index in [0.29, 0.717) is 32.4 Å². The molecular formula is C35H52N4O8. The van der Waals surface area contributed by atoms with Crippen LogP contribution in [0, 0.1) is 23.7 Å². The van der Waals surface area contributed by atoms with Crippen LogP contribution in [-0.2, 0) is 30.4 Å². The quantitative estimate of drug-likeness (QED) is 0.214. The van der Waals surface area contributed by atoms with E-state index in [1.807, 2.05) is 78.8 Å². The van der Waals surface area contributed by atoms with Gasteiger partial charge in [0, 0.05) is 39.3 Å². The van der Waals surface area contributed by atoms with Crippen LogP contribution >= 0.6 is 0 Å². The Morgan fingerprint density at radius 3 is 1.91 bits per heavy atom. The Hall–Kier alpha value is -3.83. The molecule has 3 aliphatic rings. The van der Waals surface area contributed by atoms with Crippen LogP contribution in [0.15, 0.2) is 30.3 Å². The van der Waals surface area contributed by atoms with Gasteiger partial charge in [-0.25, -0.2) is 24.1 Å². The fourth-order valence-electron chi connectivity index (χ4n) is 6.58. The van der Waals surface area contributed by atoms with Gasteiger partial charge >= 0.3 is 24.2 Å². The zero-order chi connectivity index (χ0) is 34.5. The van der Waals surface area contributed by atoms with E-state index in [4.69, 9.17) is 14.2 Å². The summed E-state index contributed by atoms with van der Waals surface area (Å²) in [4.78, 5) is 72.0. The van der Waals surface area contributed by atoms with Gasteiger partial charge in [-0.1, -0.05) is 58.0 Å². The number of carbonyl (C=O) groups is 5. The summed E-state index contributed by atoms with van der Waals surface area (Å²) in [5.74, 6) is -1.27. The molecule has 3 aliphatic heterocycles. The predicted octanol–water partition coefficient (Wildman–Crippen LogP) is 5.15. The first-order valence-corrected chi connectivity index (χ1v) is 16.9. The van der Waals surface area contributed by atoms with Crippen LogP contribution in [0.1, 0.15) is 73.3 Å². The number of imide groups is 1. The van der Waals surface area contributed by atoms with Gasteiger partial charge in [-0.15, -0.1) is 0 Å². The number of hydrogen-bond donors (Lipinski definition) is 0. The summed E-state index contributed by atoms with van der Waals surface area (Å²) in [5, 5.41) is 0. The molecule has 0 aliphatic carbocycles. The van der Waals surface area contributed by atoms with Gasteiger partial charge in [-0.3, -0.25) is 4.79 Å². The third-order valence-electron chi connectivity index (χ3n) is 9.10. The number of urea groups is 1. The van der Waals surface area contributed by atoms with Crippen molar-refractivity contribution in [3.63, 3.8) is 0 Å². The molecule has 1 aromatic carbocycles. The lowest BCUT2D eigenvalue weighted by molar-refractivity contribution is -0.172. The number of rotatable bonds is 8. The lowest BCUT2D eigenvalue weighted by Crippen LogP contribution is -2.70. The van der Waals surface area contributed by atoms with Crippen LogP contribution < -0.4 is 0 Å². The molecule has 0 aromatic heterocycles. The summed E-state index contributed by atoms with van der Waals surface area (Å²) in [6, 6.07) is 7.65. The molecule has 0 bridgehead atoms. The van der Waals surface area contributed by atoms with E-state index in [0.717, 1.165) is 10.5 Å². The van der Waals surface area contributed by atoms with Crippen molar-refractivity contribution in [2.75, 3.05) is 39.3 Å². The highest BCUT2D eigenvalue weighted by molar-refractivity contribution is 6.07. The van der Waals surface area contributed by atoms with Gasteiger partial charge in [0.1, 0.15) is 18.3 Å². The van der Waals surface area contributed by atoms with Crippen LogP contribution in [0.25, 0.3) is 0 Å². The number of carbonyl (C=O) groups excluding carboxylic acids is 5. The lowest BCUT2D eigenvalue weighted by atomic mass is 9.77. The number of likely N-dealkylation sites (tertiary alicyclic amines) is 2. The van der Waals surface area contributed by atoms with Gasteiger partial charge in [0.25, 0.3) is 0 Å². The minimum absolute atomic E-state index is 0.0297. The number of piperazine rings is 1. The SMILES string of the molecule is CC(C)C(OC(=O)N1CCN(C(=O)N2C(=O)[C@H](CC3CCN(C(=O)OC(C)(C)C)CC3)[C@H]2C(=O)OCc2ccccc2)CC1)C(C)C. The molecule has 1 aromatic rings. The minimum atomic E-state index is -1.04. The Morgan fingerprint density at radius 1 is 0.809 bits per heavy atom. The van der Waals surface area contributed by atoms with Crippen molar-refractivity contribution in [3.8, 4) is 0 Å². The van der Waals surface area contributed by atoms with Gasteiger partial charge < -0.3 is 28.9 Å². The molecule has 2 atom stereocenters. The monoisotopic (exact) mass is 656 g/mol. The minimum Gasteiger partial charge on any atom is -0.459 e. The molecule has 0 N–H and O–H groups in total. The summed E-state index contributed by atoms with van der Waals surface area (Å²) in [6.07, 6.45) is 0.755. The molecular weight excluding hydrogens is 604 g/mol. The molecule has 3 saturated heterocycles. The van der Waals surface area contributed by atoms with E-state index in [9.17, 15) is 24.0 Å². The van der Waals surface area contributed by atoms with Gasteiger partial charge in [-0.2, -0.15) is 0 Å². The van der Waals surface area contributed by atoms with Crippen LogP contribution in [0.3, 0.4) is 0 Å². The third kappa shape index (κ3) is 9.16. The number of nitrogens with zero attached hydrogens (tertiary/aromatic N) is 4. The maximum Gasteiger partial charge on any atom is 0.410 e. The average molecular weight is 657 g/mol. The fourth-order valence-corrected chi connectivity index (χ4v) is 6.58. The first-order valence-electron chi connectivity index (χ1n) is 16.9. The molecule has 3 heterocycles. The molecule has 4 rings (SSSR count). The highest BCUT2D eigenvalue weighted by Crippen LogP contribution is 2.37. The topological polar surface area (TPSA) is 126 Å². The normalized spacial score (nSPS) is 20.9. The Bertz CT molecular complexity index is 1260. The van der Waals surface area contributed by atoms with E-state index in [1.54, 1.807) is 9.80 Å². The molecule has 0 unspecified atom stereocenters. The molecule has 5 amide bonds. The molecule has 0 spiro atoms. The van der Waals surface area contributed by atoms with Crippen molar-refractivity contribution in [1.82, 2.24) is 19.6 Å². The predicted molar refractivity (Wildman–Crippen MR) is 174 cm³/mol. The van der Waals surface area contributed by atoms with Crippen molar-refractivity contribution >= 4 is 30.1 Å². The average Bonchev–Trinajstić information content (AvgIpc) is 3.03. The zero-order valence-electron chi connectivity index (χ0n) is 29.0. The number of amides is 5. The Kier molecular flexibility index (Phi) is 11.8. The molecule has 0 radical (unpaired) electrons. The lowest BCUT2D eigenvalue weighted by Gasteiger charge is -2.48. The maximum atomic E-state index is 13.7. The molecule has 0 saturated carbocycles. The molecule has 12 nitrogen and oxygen atoms in total. The Morgan fingerprint density at radius 2 is 1.36 bits per heavy atom. The largest absolute Gasteiger partial charge is 0.459 e. The standard InChI is InChI=1S/C35H52N4O8/c1-23(2)29(24(3)4)46-33(43)38-19-17-36(18-20-38)32(42)39-28(31(41)45-22-26-11-9-8-10-12-26)27(30(39)40)21-25-13-15-37(16-14-25)34(44)47-35(5,6)7/h8-12,23-25,27-29H,13-22H2,1-7H3/t27-,28+/m1/s1. The number of hydrogen-bond acceptors (Lipinski definition) is 8. The van der Waals surface area contributed by atoms with Crippen LogP contribution in [-0.4, -0.2) is 107 Å². The van der Waals surface area contributed by atoms with Crippen LogP contribution in [0.4, 0.5) is 14.4 Å². The summed E-state index contributed by atoms with van der Waals surface area (Å²) in [7, 11) is 0. The first-order chi connectivity index (χ1) is 22.2. The molecule has 12 heteroatoms. The second-order valence-corrected chi connectivity index (χ2v) is 14.6. The van der Waals surface area contributed by atoms with Gasteiger partial charge in [0.05, 0.1) is 5.92 Å². The van der Waals surface area contributed by atoms with Gasteiger partial charge in [0.15, 0.2) is 6.04 Å². The second kappa shape index (κ2) is 15.4. The highest BCUT2D eigenvalue weighted by atomic mass is 16.6. The van der Waals surface area contributed by atoms with Gasteiger partial charge in [0.2, 0.25) is 5.91 Å². The summed E-state index contributed by atoms with van der Waals surface area (Å²) >= 11 is 0. The van der Waals surface area contributed by atoms with Crippen molar-refractivity contribution in [3.05, 3.63) is 35.9 Å². The zero-order valence-corrected chi connectivity index (χ0v) is 29.0.